The Labute approximate surface area is 103 Å². The standard InChI is InChI=1S/C16H17N/c1-5-8-15-12(3)16(13(4)17-15)14-10-7-6-9-11(14)2/h6-7,9-10,17H,1-4H3. The van der Waals surface area contributed by atoms with Crippen molar-refractivity contribution in [2.24, 2.45) is 0 Å². The maximum Gasteiger partial charge on any atom is 0.0931 e. The SMILES string of the molecule is CC#Cc1[nH]c(C)c(-c2ccccc2C)c1C. The Hall–Kier alpha value is -1.94. The van der Waals surface area contributed by atoms with Crippen molar-refractivity contribution in [3.05, 3.63) is 46.8 Å². The second-order valence-electron chi connectivity index (χ2n) is 4.31. The molecular weight excluding hydrogens is 206 g/mol. The van der Waals surface area contributed by atoms with Crippen LogP contribution in [0.1, 0.15) is 29.4 Å². The van der Waals surface area contributed by atoms with Gasteiger partial charge in [-0.05, 0) is 50.3 Å². The van der Waals surface area contributed by atoms with Crippen LogP contribution >= 0.6 is 0 Å². The van der Waals surface area contributed by atoms with Gasteiger partial charge >= 0.3 is 0 Å². The predicted molar refractivity (Wildman–Crippen MR) is 73.0 cm³/mol. The van der Waals surface area contributed by atoms with E-state index in [0.29, 0.717) is 0 Å². The fraction of sp³-hybridized carbons (Fsp3) is 0.250. The first-order chi connectivity index (χ1) is 8.15. The van der Waals surface area contributed by atoms with E-state index in [2.05, 4.69) is 61.9 Å². The highest BCUT2D eigenvalue weighted by molar-refractivity contribution is 5.75. The fourth-order valence-electron chi connectivity index (χ4n) is 2.26. The van der Waals surface area contributed by atoms with Crippen LogP contribution in [0.3, 0.4) is 0 Å². The Bertz CT molecular complexity index is 606. The van der Waals surface area contributed by atoms with E-state index >= 15 is 0 Å². The van der Waals surface area contributed by atoms with Crippen LogP contribution in [-0.2, 0) is 0 Å². The Morgan fingerprint density at radius 3 is 2.41 bits per heavy atom. The summed E-state index contributed by atoms with van der Waals surface area (Å²) in [5.74, 6) is 6.07. The number of aromatic nitrogens is 1. The largest absolute Gasteiger partial charge is 0.351 e. The third-order valence-electron chi connectivity index (χ3n) is 3.10. The molecule has 0 saturated carbocycles. The van der Waals surface area contributed by atoms with Crippen molar-refractivity contribution in [3.8, 4) is 23.0 Å². The summed E-state index contributed by atoms with van der Waals surface area (Å²) in [6.45, 7) is 8.25. The third-order valence-corrected chi connectivity index (χ3v) is 3.10. The number of aryl methyl sites for hydroxylation is 2. The lowest BCUT2D eigenvalue weighted by Crippen LogP contribution is -1.85. The van der Waals surface area contributed by atoms with Gasteiger partial charge in [0.1, 0.15) is 0 Å². The zero-order valence-corrected chi connectivity index (χ0v) is 10.8. The maximum absolute atomic E-state index is 3.37. The molecule has 2 aromatic rings. The number of H-pyrrole nitrogens is 1. The highest BCUT2D eigenvalue weighted by Crippen LogP contribution is 2.31. The summed E-state index contributed by atoms with van der Waals surface area (Å²) in [4.78, 5) is 3.37. The van der Waals surface area contributed by atoms with Crippen LogP contribution in [0.15, 0.2) is 24.3 Å². The quantitative estimate of drug-likeness (QED) is 0.704. The molecule has 0 atom stereocenters. The number of hydrogen-bond donors (Lipinski definition) is 1. The summed E-state index contributed by atoms with van der Waals surface area (Å²) >= 11 is 0. The van der Waals surface area contributed by atoms with E-state index in [0.717, 1.165) is 5.69 Å². The molecule has 17 heavy (non-hydrogen) atoms. The molecule has 0 aliphatic carbocycles. The summed E-state index contributed by atoms with van der Waals surface area (Å²) in [6.07, 6.45) is 0. The van der Waals surface area contributed by atoms with Gasteiger partial charge < -0.3 is 4.98 Å². The van der Waals surface area contributed by atoms with E-state index in [1.54, 1.807) is 0 Å². The van der Waals surface area contributed by atoms with Gasteiger partial charge in [0.05, 0.1) is 5.69 Å². The van der Waals surface area contributed by atoms with Crippen molar-refractivity contribution in [2.75, 3.05) is 0 Å². The monoisotopic (exact) mass is 223 g/mol. The van der Waals surface area contributed by atoms with E-state index < -0.39 is 0 Å². The summed E-state index contributed by atoms with van der Waals surface area (Å²) in [5, 5.41) is 0. The number of benzene rings is 1. The molecule has 0 unspecified atom stereocenters. The van der Waals surface area contributed by atoms with Crippen molar-refractivity contribution in [1.82, 2.24) is 4.98 Å². The van der Waals surface area contributed by atoms with E-state index in [-0.39, 0.29) is 0 Å². The minimum Gasteiger partial charge on any atom is -0.351 e. The van der Waals surface area contributed by atoms with Gasteiger partial charge in [-0.3, -0.25) is 0 Å². The molecule has 0 amide bonds. The molecule has 0 aliphatic heterocycles. The molecule has 1 nitrogen and oxygen atoms in total. The fourth-order valence-corrected chi connectivity index (χ4v) is 2.26. The molecule has 1 aromatic carbocycles. The highest BCUT2D eigenvalue weighted by atomic mass is 14.7. The van der Waals surface area contributed by atoms with E-state index in [4.69, 9.17) is 0 Å². The molecule has 1 aromatic heterocycles. The lowest BCUT2D eigenvalue weighted by molar-refractivity contribution is 1.24. The van der Waals surface area contributed by atoms with Crippen LogP contribution in [0.4, 0.5) is 0 Å². The zero-order valence-electron chi connectivity index (χ0n) is 10.8. The van der Waals surface area contributed by atoms with Crippen molar-refractivity contribution in [3.63, 3.8) is 0 Å². The number of aromatic amines is 1. The minimum absolute atomic E-state index is 1.03. The first-order valence-electron chi connectivity index (χ1n) is 5.83. The Balaban J connectivity index is 2.67. The average molecular weight is 223 g/mol. The van der Waals surface area contributed by atoms with Crippen LogP contribution in [0.5, 0.6) is 0 Å². The molecule has 0 radical (unpaired) electrons. The summed E-state index contributed by atoms with van der Waals surface area (Å²) in [5.41, 5.74) is 7.35. The highest BCUT2D eigenvalue weighted by Gasteiger charge is 2.13. The van der Waals surface area contributed by atoms with Gasteiger partial charge in [-0.25, -0.2) is 0 Å². The molecule has 0 fully saturated rings. The van der Waals surface area contributed by atoms with Gasteiger partial charge in [-0.2, -0.15) is 0 Å². The van der Waals surface area contributed by atoms with Gasteiger partial charge in [-0.1, -0.05) is 30.2 Å². The summed E-state index contributed by atoms with van der Waals surface area (Å²) < 4.78 is 0. The maximum atomic E-state index is 3.37. The predicted octanol–water partition coefficient (Wildman–Crippen LogP) is 3.98. The van der Waals surface area contributed by atoms with E-state index in [1.807, 2.05) is 6.92 Å². The third kappa shape index (κ3) is 1.99. The van der Waals surface area contributed by atoms with Crippen LogP contribution in [-0.4, -0.2) is 4.98 Å². The molecule has 0 saturated heterocycles. The molecule has 2 rings (SSSR count). The first kappa shape index (κ1) is 11.5. The number of rotatable bonds is 1. The zero-order chi connectivity index (χ0) is 12.4. The molecule has 1 heteroatoms. The van der Waals surface area contributed by atoms with Gasteiger partial charge in [0.15, 0.2) is 0 Å². The van der Waals surface area contributed by atoms with E-state index in [1.165, 1.54) is 27.9 Å². The first-order valence-corrected chi connectivity index (χ1v) is 5.83. The minimum atomic E-state index is 1.03. The number of hydrogen-bond acceptors (Lipinski definition) is 0. The van der Waals surface area contributed by atoms with Crippen LogP contribution in [0.2, 0.25) is 0 Å². The topological polar surface area (TPSA) is 15.8 Å². The molecule has 1 N–H and O–H groups in total. The smallest absolute Gasteiger partial charge is 0.0931 e. The van der Waals surface area contributed by atoms with Crippen molar-refractivity contribution < 1.29 is 0 Å². The number of nitrogens with one attached hydrogen (secondary N) is 1. The summed E-state index contributed by atoms with van der Waals surface area (Å²) in [7, 11) is 0. The lowest BCUT2D eigenvalue weighted by atomic mass is 9.97. The van der Waals surface area contributed by atoms with Crippen molar-refractivity contribution in [1.29, 1.82) is 0 Å². The molecule has 1 heterocycles. The summed E-state index contributed by atoms with van der Waals surface area (Å²) in [6, 6.07) is 8.47. The van der Waals surface area contributed by atoms with Gasteiger partial charge in [0, 0.05) is 11.3 Å². The van der Waals surface area contributed by atoms with Gasteiger partial charge in [0.25, 0.3) is 0 Å². The van der Waals surface area contributed by atoms with Crippen LogP contribution in [0, 0.1) is 32.6 Å². The molecule has 0 bridgehead atoms. The molecular formula is C16H17N. The molecule has 0 aliphatic rings. The molecule has 86 valence electrons. The normalized spacial score (nSPS) is 9.88. The molecule has 0 spiro atoms. The van der Waals surface area contributed by atoms with Crippen LogP contribution < -0.4 is 0 Å². The van der Waals surface area contributed by atoms with Crippen LogP contribution in [0.25, 0.3) is 11.1 Å². The Morgan fingerprint density at radius 2 is 1.76 bits per heavy atom. The van der Waals surface area contributed by atoms with Gasteiger partial charge in [0.2, 0.25) is 0 Å². The van der Waals surface area contributed by atoms with E-state index in [9.17, 15) is 0 Å². The second kappa shape index (κ2) is 4.51. The van der Waals surface area contributed by atoms with Crippen molar-refractivity contribution in [2.45, 2.75) is 27.7 Å². The lowest BCUT2D eigenvalue weighted by Gasteiger charge is -2.06. The second-order valence-corrected chi connectivity index (χ2v) is 4.31. The Kier molecular flexibility index (Phi) is 3.06. The average Bonchev–Trinajstić information content (AvgIpc) is 2.57. The van der Waals surface area contributed by atoms with Gasteiger partial charge in [-0.15, -0.1) is 0 Å². The Morgan fingerprint density at radius 1 is 1.06 bits per heavy atom. The van der Waals surface area contributed by atoms with Crippen molar-refractivity contribution >= 4 is 0 Å².